The maximum Gasteiger partial charge on any atom is 0.213 e. The van der Waals surface area contributed by atoms with Gasteiger partial charge in [-0.05, 0) is 35.4 Å². The van der Waals surface area contributed by atoms with Gasteiger partial charge in [-0.3, -0.25) is 0 Å². The molecule has 1 heterocycles. The number of rotatable bonds is 5. The lowest BCUT2D eigenvalue weighted by Gasteiger charge is -2.13. The molecule has 4 aromatic carbocycles. The maximum atomic E-state index is 7.13. The number of nitriles is 1. The Bertz CT molecular complexity index is 1300. The van der Waals surface area contributed by atoms with Gasteiger partial charge in [0.25, 0.3) is 0 Å². The van der Waals surface area contributed by atoms with Gasteiger partial charge in [0.15, 0.2) is 6.54 Å². The van der Waals surface area contributed by atoms with E-state index in [1.54, 1.807) is 0 Å². The highest BCUT2D eigenvalue weighted by Gasteiger charge is 2.22. The van der Waals surface area contributed by atoms with E-state index < -0.39 is 0 Å². The minimum absolute atomic E-state index is 0.810. The summed E-state index contributed by atoms with van der Waals surface area (Å²) in [6.07, 6.45) is 0. The molecule has 0 unspecified atom stereocenters. The van der Waals surface area contributed by atoms with Crippen LogP contribution in [0.4, 0.5) is 0 Å². The molecule has 0 saturated heterocycles. The number of benzene rings is 4. The molecule has 34 heavy (non-hydrogen) atoms. The highest BCUT2D eigenvalue weighted by Crippen LogP contribution is 2.29. The first-order valence-electron chi connectivity index (χ1n) is 11.1. The van der Waals surface area contributed by atoms with Gasteiger partial charge in [0.05, 0.1) is 0 Å². The van der Waals surface area contributed by atoms with Gasteiger partial charge in [-0.15, -0.1) is 0 Å². The Kier molecular flexibility index (Phi) is 7.79. The van der Waals surface area contributed by atoms with Crippen molar-refractivity contribution in [1.82, 2.24) is 0 Å². The van der Waals surface area contributed by atoms with E-state index in [1.807, 2.05) is 0 Å². The van der Waals surface area contributed by atoms with Crippen LogP contribution in [0.25, 0.3) is 33.6 Å². The molecule has 1 aromatic heterocycles. The molecule has 164 valence electrons. The van der Waals surface area contributed by atoms with Crippen molar-refractivity contribution in [3.63, 3.8) is 0 Å². The highest BCUT2D eigenvalue weighted by atomic mass is 32.1. The summed E-state index contributed by atoms with van der Waals surface area (Å²) in [6, 6.07) is 47.3. The second kappa shape index (κ2) is 11.6. The maximum absolute atomic E-state index is 7.13. The fraction of sp³-hybridized carbons (Fsp3) is 0.0323. The number of pyridine rings is 1. The average molecular weight is 457 g/mol. The van der Waals surface area contributed by atoms with Gasteiger partial charge in [-0.1, -0.05) is 102 Å². The molecule has 0 atom stereocenters. The van der Waals surface area contributed by atoms with Crippen LogP contribution >= 0.6 is 0 Å². The van der Waals surface area contributed by atoms with Crippen LogP contribution in [0.2, 0.25) is 0 Å². The summed E-state index contributed by atoms with van der Waals surface area (Å²) in [6.45, 7) is 0.810. The first kappa shape index (κ1) is 22.9. The van der Waals surface area contributed by atoms with Gasteiger partial charge in [0.1, 0.15) is 0 Å². The minimum atomic E-state index is 0.810. The van der Waals surface area contributed by atoms with Crippen molar-refractivity contribution in [2.45, 2.75) is 6.54 Å². The van der Waals surface area contributed by atoms with Crippen molar-refractivity contribution in [2.24, 2.45) is 0 Å². The van der Waals surface area contributed by atoms with Gasteiger partial charge >= 0.3 is 0 Å². The van der Waals surface area contributed by atoms with E-state index in [0.29, 0.717) is 0 Å². The summed E-state index contributed by atoms with van der Waals surface area (Å²) in [5, 5.41) is 8.47. The van der Waals surface area contributed by atoms with Crippen LogP contribution in [0.5, 0.6) is 0 Å². The molecule has 0 amide bonds. The Morgan fingerprint density at radius 3 is 1.29 bits per heavy atom. The zero-order valence-corrected chi connectivity index (χ0v) is 19.5. The summed E-state index contributed by atoms with van der Waals surface area (Å²) >= 11 is 3.70. The fourth-order valence-electron chi connectivity index (χ4n) is 4.05. The van der Waals surface area contributed by atoms with E-state index in [4.69, 9.17) is 5.26 Å². The predicted molar refractivity (Wildman–Crippen MR) is 141 cm³/mol. The first-order valence-corrected chi connectivity index (χ1v) is 11.5. The Hall–Kier alpha value is -4.26. The third kappa shape index (κ3) is 5.56. The predicted octanol–water partition coefficient (Wildman–Crippen LogP) is 7.04. The average Bonchev–Trinajstić information content (AvgIpc) is 2.91. The molecule has 2 nitrogen and oxygen atoms in total. The molecule has 5 aromatic rings. The quantitative estimate of drug-likeness (QED) is 0.161. The molecule has 5 rings (SSSR count). The monoisotopic (exact) mass is 456 g/mol. The summed E-state index contributed by atoms with van der Waals surface area (Å²) in [5.41, 5.74) is 8.59. The first-order chi connectivity index (χ1) is 16.8. The Labute approximate surface area is 206 Å². The number of hydrogen-bond acceptors (Lipinski definition) is 2. The molecule has 0 aliphatic heterocycles. The molecule has 0 aliphatic carbocycles. The lowest BCUT2D eigenvalue weighted by molar-refractivity contribution is -0.666. The smallest absolute Gasteiger partial charge is 0.213 e. The third-order valence-electron chi connectivity index (χ3n) is 5.60. The van der Waals surface area contributed by atoms with E-state index in [-0.39, 0.29) is 0 Å². The van der Waals surface area contributed by atoms with E-state index in [2.05, 4.69) is 151 Å². The van der Waals surface area contributed by atoms with Crippen LogP contribution in [0, 0.1) is 10.7 Å². The van der Waals surface area contributed by atoms with E-state index in [9.17, 15) is 0 Å². The van der Waals surface area contributed by atoms with Crippen molar-refractivity contribution < 1.29 is 4.57 Å². The summed E-state index contributed by atoms with van der Waals surface area (Å²) in [4.78, 5) is 0. The SMILES string of the molecule is N#C[S-].c1ccc(C[n+]2c(-c3ccccc3)cc(-c3ccccc3)cc2-c2ccccc2)cc1. The van der Waals surface area contributed by atoms with Crippen molar-refractivity contribution in [3.05, 3.63) is 139 Å². The molecule has 0 N–H and O–H groups in total. The molecule has 0 bridgehead atoms. The molecule has 0 spiro atoms. The van der Waals surface area contributed by atoms with E-state index >= 15 is 0 Å². The fourth-order valence-corrected chi connectivity index (χ4v) is 4.05. The van der Waals surface area contributed by atoms with Crippen molar-refractivity contribution in [1.29, 1.82) is 5.26 Å². The van der Waals surface area contributed by atoms with Gasteiger partial charge in [0, 0.05) is 28.8 Å². The zero-order chi connectivity index (χ0) is 23.6. The highest BCUT2D eigenvalue weighted by molar-refractivity contribution is 7.64. The van der Waals surface area contributed by atoms with Crippen molar-refractivity contribution in [2.75, 3.05) is 0 Å². The minimum Gasteiger partial charge on any atom is -0.696 e. The summed E-state index contributed by atoms with van der Waals surface area (Å²) < 4.78 is 2.44. The summed E-state index contributed by atoms with van der Waals surface area (Å²) in [7, 11) is 0. The topological polar surface area (TPSA) is 27.7 Å². The second-order valence-corrected chi connectivity index (χ2v) is 7.96. The lowest BCUT2D eigenvalue weighted by atomic mass is 9.98. The molecule has 0 fully saturated rings. The largest absolute Gasteiger partial charge is 0.696 e. The number of aromatic nitrogens is 1. The summed E-state index contributed by atoms with van der Waals surface area (Å²) in [5.74, 6) is 0. The number of hydrogen-bond donors (Lipinski definition) is 0. The molecule has 0 radical (unpaired) electrons. The van der Waals surface area contributed by atoms with Crippen LogP contribution in [0.1, 0.15) is 5.56 Å². The van der Waals surface area contributed by atoms with Crippen LogP contribution in [-0.4, -0.2) is 0 Å². The second-order valence-electron chi connectivity index (χ2n) is 7.78. The van der Waals surface area contributed by atoms with Crippen LogP contribution in [-0.2, 0) is 19.2 Å². The van der Waals surface area contributed by atoms with Gasteiger partial charge in [-0.2, -0.15) is 4.57 Å². The third-order valence-corrected chi connectivity index (χ3v) is 5.60. The van der Waals surface area contributed by atoms with Crippen LogP contribution < -0.4 is 4.57 Å². The molecule has 0 aliphatic rings. The van der Waals surface area contributed by atoms with Crippen molar-refractivity contribution in [3.8, 4) is 39.0 Å². The molecule has 3 heteroatoms. The van der Waals surface area contributed by atoms with Crippen LogP contribution in [0.15, 0.2) is 133 Å². The van der Waals surface area contributed by atoms with Crippen molar-refractivity contribution >= 4 is 12.6 Å². The normalized spacial score (nSPS) is 9.97. The Morgan fingerprint density at radius 1 is 0.529 bits per heavy atom. The number of nitrogens with zero attached hydrogens (tertiary/aromatic N) is 2. The number of thiocyanates is 1. The lowest BCUT2D eigenvalue weighted by Crippen LogP contribution is -2.39. The van der Waals surface area contributed by atoms with E-state index in [1.165, 1.54) is 44.6 Å². The van der Waals surface area contributed by atoms with Gasteiger partial charge < -0.3 is 12.6 Å². The Balaban J connectivity index is 0.000000868. The van der Waals surface area contributed by atoms with Gasteiger partial charge in [-0.25, -0.2) is 5.26 Å². The molecule has 0 saturated carbocycles. The molecular formula is C31H24N2S. The molecular weight excluding hydrogens is 432 g/mol. The standard InChI is InChI=1S/C30H24N.CHNS/c1-5-13-24(14-6-1)23-31-29(26-17-9-3-10-18-26)21-28(25-15-7-2-8-16-25)22-30(31)27-19-11-4-12-20-27;2-1-3/h1-22H,23H2;3H/q+1;/p-1. The van der Waals surface area contributed by atoms with Crippen LogP contribution in [0.3, 0.4) is 0 Å². The van der Waals surface area contributed by atoms with Gasteiger partial charge in [0.2, 0.25) is 11.4 Å². The zero-order valence-electron chi connectivity index (χ0n) is 18.7. The Morgan fingerprint density at radius 2 is 0.882 bits per heavy atom. The van der Waals surface area contributed by atoms with E-state index in [0.717, 1.165) is 6.54 Å².